The van der Waals surface area contributed by atoms with Crippen molar-refractivity contribution >= 4 is 15.9 Å². The summed E-state index contributed by atoms with van der Waals surface area (Å²) in [5.74, 6) is 1.66. The van der Waals surface area contributed by atoms with Crippen molar-refractivity contribution in [3.05, 3.63) is 22.7 Å². The van der Waals surface area contributed by atoms with Gasteiger partial charge in [-0.1, -0.05) is 22.4 Å². The highest BCUT2D eigenvalue weighted by Crippen LogP contribution is 2.33. The van der Waals surface area contributed by atoms with Gasteiger partial charge in [0.25, 0.3) is 0 Å². The van der Waals surface area contributed by atoms with Gasteiger partial charge in [0.2, 0.25) is 0 Å². The van der Waals surface area contributed by atoms with Crippen LogP contribution in [0.25, 0.3) is 0 Å². The summed E-state index contributed by atoms with van der Waals surface area (Å²) in [7, 11) is 1.68. The molecule has 0 bridgehead atoms. The van der Waals surface area contributed by atoms with Crippen LogP contribution >= 0.6 is 15.9 Å². The average molecular weight is 285 g/mol. The third-order valence-electron chi connectivity index (χ3n) is 2.97. The molecule has 0 aliphatic heterocycles. The minimum Gasteiger partial charge on any atom is -0.493 e. The highest BCUT2D eigenvalue weighted by molar-refractivity contribution is 9.10. The van der Waals surface area contributed by atoms with E-state index < -0.39 is 0 Å². The Hall–Kier alpha value is -0.700. The molecule has 0 amide bonds. The Morgan fingerprint density at radius 2 is 1.88 bits per heavy atom. The number of ether oxygens (including phenoxy) is 2. The summed E-state index contributed by atoms with van der Waals surface area (Å²) in [5.41, 5.74) is 0. The largest absolute Gasteiger partial charge is 0.493 e. The lowest BCUT2D eigenvalue weighted by Crippen LogP contribution is -2.19. The lowest BCUT2D eigenvalue weighted by Gasteiger charge is -2.24. The zero-order chi connectivity index (χ0) is 11.4. The van der Waals surface area contributed by atoms with Crippen LogP contribution in [0.15, 0.2) is 22.7 Å². The fourth-order valence-electron chi connectivity index (χ4n) is 2.11. The molecule has 1 aliphatic carbocycles. The van der Waals surface area contributed by atoms with Gasteiger partial charge in [0.05, 0.1) is 13.2 Å². The van der Waals surface area contributed by atoms with Gasteiger partial charge in [-0.25, -0.2) is 0 Å². The molecule has 88 valence electrons. The van der Waals surface area contributed by atoms with Crippen molar-refractivity contribution in [1.29, 1.82) is 0 Å². The van der Waals surface area contributed by atoms with E-state index in [4.69, 9.17) is 9.47 Å². The van der Waals surface area contributed by atoms with Crippen LogP contribution in [-0.4, -0.2) is 13.2 Å². The van der Waals surface area contributed by atoms with Crippen LogP contribution < -0.4 is 9.47 Å². The Bertz CT molecular complexity index is 346. The monoisotopic (exact) mass is 284 g/mol. The van der Waals surface area contributed by atoms with Gasteiger partial charge in [-0.15, -0.1) is 0 Å². The Morgan fingerprint density at radius 1 is 1.12 bits per heavy atom. The van der Waals surface area contributed by atoms with Crippen LogP contribution in [0.1, 0.15) is 32.1 Å². The van der Waals surface area contributed by atoms with Crippen LogP contribution in [0.5, 0.6) is 11.5 Å². The molecule has 16 heavy (non-hydrogen) atoms. The fourth-order valence-corrected chi connectivity index (χ4v) is 2.45. The van der Waals surface area contributed by atoms with Gasteiger partial charge in [0.1, 0.15) is 0 Å². The van der Waals surface area contributed by atoms with Crippen molar-refractivity contribution in [2.45, 2.75) is 38.2 Å². The van der Waals surface area contributed by atoms with Gasteiger partial charge >= 0.3 is 0 Å². The zero-order valence-electron chi connectivity index (χ0n) is 9.54. The molecular weight excluding hydrogens is 268 g/mol. The summed E-state index contributed by atoms with van der Waals surface area (Å²) in [5, 5.41) is 0. The second-order valence-corrected chi connectivity index (χ2v) is 5.09. The van der Waals surface area contributed by atoms with E-state index in [1.54, 1.807) is 7.11 Å². The van der Waals surface area contributed by atoms with Gasteiger partial charge in [0, 0.05) is 4.47 Å². The van der Waals surface area contributed by atoms with Crippen molar-refractivity contribution in [2.75, 3.05) is 7.11 Å². The van der Waals surface area contributed by atoms with Gasteiger partial charge in [-0.3, -0.25) is 0 Å². The summed E-state index contributed by atoms with van der Waals surface area (Å²) in [6.07, 6.45) is 6.58. The molecule has 1 aromatic rings. The third kappa shape index (κ3) is 2.91. The van der Waals surface area contributed by atoms with E-state index in [-0.39, 0.29) is 0 Å². The number of halogens is 1. The zero-order valence-corrected chi connectivity index (χ0v) is 11.1. The number of benzene rings is 1. The number of methoxy groups -OCH3 is 1. The standard InChI is InChI=1S/C13H17BrO2/c1-15-12-8-7-10(14)9-13(12)16-11-5-3-2-4-6-11/h7-9,11H,2-6H2,1H3. The highest BCUT2D eigenvalue weighted by atomic mass is 79.9. The Balaban J connectivity index is 2.09. The lowest BCUT2D eigenvalue weighted by molar-refractivity contribution is 0.149. The quantitative estimate of drug-likeness (QED) is 0.829. The normalized spacial score (nSPS) is 17.1. The molecule has 0 atom stereocenters. The molecule has 0 saturated heterocycles. The summed E-state index contributed by atoms with van der Waals surface area (Å²) < 4.78 is 12.3. The van der Waals surface area contributed by atoms with Crippen molar-refractivity contribution < 1.29 is 9.47 Å². The van der Waals surface area contributed by atoms with Crippen molar-refractivity contribution in [1.82, 2.24) is 0 Å². The molecule has 0 heterocycles. The molecule has 2 rings (SSSR count). The molecule has 0 aromatic heterocycles. The van der Waals surface area contributed by atoms with Crippen LogP contribution in [0.4, 0.5) is 0 Å². The van der Waals surface area contributed by atoms with Crippen molar-refractivity contribution in [2.24, 2.45) is 0 Å². The van der Waals surface area contributed by atoms with Crippen molar-refractivity contribution in [3.8, 4) is 11.5 Å². The van der Waals surface area contributed by atoms with E-state index in [1.165, 1.54) is 19.3 Å². The topological polar surface area (TPSA) is 18.5 Å². The predicted molar refractivity (Wildman–Crippen MR) is 68.2 cm³/mol. The molecule has 0 unspecified atom stereocenters. The van der Waals surface area contributed by atoms with Crippen molar-refractivity contribution in [3.63, 3.8) is 0 Å². The predicted octanol–water partition coefficient (Wildman–Crippen LogP) is 4.17. The van der Waals surface area contributed by atoms with Gasteiger partial charge in [-0.05, 0) is 43.9 Å². The summed E-state index contributed by atoms with van der Waals surface area (Å²) in [6, 6.07) is 5.88. The first kappa shape index (κ1) is 11.8. The number of hydrogen-bond donors (Lipinski definition) is 0. The maximum absolute atomic E-state index is 6.00. The summed E-state index contributed by atoms with van der Waals surface area (Å²) in [4.78, 5) is 0. The van der Waals surface area contributed by atoms with Crippen LogP contribution in [-0.2, 0) is 0 Å². The van der Waals surface area contributed by atoms with E-state index in [2.05, 4.69) is 15.9 Å². The fraction of sp³-hybridized carbons (Fsp3) is 0.538. The first-order chi connectivity index (χ1) is 7.79. The molecule has 1 fully saturated rings. The Morgan fingerprint density at radius 3 is 2.56 bits per heavy atom. The highest BCUT2D eigenvalue weighted by Gasteiger charge is 2.16. The second kappa shape index (κ2) is 5.58. The lowest BCUT2D eigenvalue weighted by atomic mass is 9.98. The van der Waals surface area contributed by atoms with E-state index in [0.717, 1.165) is 28.8 Å². The smallest absolute Gasteiger partial charge is 0.162 e. The third-order valence-corrected chi connectivity index (χ3v) is 3.46. The molecular formula is C13H17BrO2. The molecule has 3 heteroatoms. The van der Waals surface area contributed by atoms with E-state index in [1.807, 2.05) is 18.2 Å². The SMILES string of the molecule is COc1ccc(Br)cc1OC1CCCCC1. The maximum Gasteiger partial charge on any atom is 0.162 e. The number of hydrogen-bond acceptors (Lipinski definition) is 2. The molecule has 0 radical (unpaired) electrons. The molecule has 0 spiro atoms. The van der Waals surface area contributed by atoms with Crippen LogP contribution in [0.3, 0.4) is 0 Å². The molecule has 2 nitrogen and oxygen atoms in total. The van der Waals surface area contributed by atoms with Gasteiger partial charge in [0.15, 0.2) is 11.5 Å². The van der Waals surface area contributed by atoms with Gasteiger partial charge < -0.3 is 9.47 Å². The van der Waals surface area contributed by atoms with E-state index >= 15 is 0 Å². The number of rotatable bonds is 3. The minimum absolute atomic E-state index is 0.358. The van der Waals surface area contributed by atoms with Crippen LogP contribution in [0.2, 0.25) is 0 Å². The first-order valence-electron chi connectivity index (χ1n) is 5.80. The second-order valence-electron chi connectivity index (χ2n) is 4.17. The average Bonchev–Trinajstić information content (AvgIpc) is 2.31. The van der Waals surface area contributed by atoms with Crippen LogP contribution in [0, 0.1) is 0 Å². The maximum atomic E-state index is 6.00. The molecule has 1 aliphatic rings. The molecule has 0 N–H and O–H groups in total. The minimum atomic E-state index is 0.358. The summed E-state index contributed by atoms with van der Waals surface area (Å²) in [6.45, 7) is 0. The Labute approximate surface area is 105 Å². The van der Waals surface area contributed by atoms with E-state index in [9.17, 15) is 0 Å². The summed E-state index contributed by atoms with van der Waals surface area (Å²) >= 11 is 3.45. The first-order valence-corrected chi connectivity index (χ1v) is 6.59. The molecule has 1 saturated carbocycles. The molecule has 1 aromatic carbocycles. The van der Waals surface area contributed by atoms with Gasteiger partial charge in [-0.2, -0.15) is 0 Å². The van der Waals surface area contributed by atoms with E-state index in [0.29, 0.717) is 6.10 Å². The Kier molecular flexibility index (Phi) is 4.10.